The van der Waals surface area contributed by atoms with Gasteiger partial charge in [-0.1, -0.05) is 0 Å². The molecule has 1 aromatic carbocycles. The Balaban J connectivity index is 2.41. The van der Waals surface area contributed by atoms with Gasteiger partial charge in [0.05, 0.1) is 4.90 Å². The molecular weight excluding hydrogens is 256 g/mol. The van der Waals surface area contributed by atoms with Gasteiger partial charge < -0.3 is 5.32 Å². The van der Waals surface area contributed by atoms with E-state index < -0.39 is 10.0 Å². The quantitative estimate of drug-likeness (QED) is 0.745. The molecule has 0 amide bonds. The maximum absolute atomic E-state index is 11.0. The molecule has 1 rings (SSSR count). The Kier molecular flexibility index (Phi) is 5.80. The van der Waals surface area contributed by atoms with Crippen molar-refractivity contribution in [3.8, 4) is 0 Å². The summed E-state index contributed by atoms with van der Waals surface area (Å²) in [5, 5.41) is 8.25. The molecule has 0 spiro atoms. The monoisotopic (exact) mass is 274 g/mol. The van der Waals surface area contributed by atoms with Gasteiger partial charge >= 0.3 is 0 Å². The van der Waals surface area contributed by atoms with Crippen molar-refractivity contribution in [3.63, 3.8) is 0 Å². The van der Waals surface area contributed by atoms with Crippen LogP contribution >= 0.6 is 11.8 Å². The largest absolute Gasteiger partial charge is 0.385 e. The lowest BCUT2D eigenvalue weighted by atomic mass is 10.3. The Labute approximate surface area is 107 Å². The number of nitrogens with one attached hydrogen (secondary N) is 1. The number of benzene rings is 1. The Bertz CT molecular complexity index is 429. The van der Waals surface area contributed by atoms with E-state index in [9.17, 15) is 8.42 Å². The smallest absolute Gasteiger partial charge is 0.238 e. The molecule has 1 aromatic rings. The Morgan fingerprint density at radius 1 is 1.24 bits per heavy atom. The van der Waals surface area contributed by atoms with Crippen LogP contribution in [0.15, 0.2) is 29.2 Å². The highest BCUT2D eigenvalue weighted by Gasteiger charge is 2.06. The first kappa shape index (κ1) is 14.3. The summed E-state index contributed by atoms with van der Waals surface area (Å²) in [5.74, 6) is 1.17. The third-order valence-corrected chi connectivity index (χ3v) is 3.91. The highest BCUT2D eigenvalue weighted by molar-refractivity contribution is 7.98. The Morgan fingerprint density at radius 3 is 2.41 bits per heavy atom. The number of unbranched alkanes of at least 4 members (excludes halogenated alkanes) is 1. The van der Waals surface area contributed by atoms with Crippen LogP contribution in [0, 0.1) is 0 Å². The normalized spacial score (nSPS) is 11.4. The molecule has 96 valence electrons. The van der Waals surface area contributed by atoms with E-state index in [0.29, 0.717) is 0 Å². The summed E-state index contributed by atoms with van der Waals surface area (Å²) in [6.07, 6.45) is 4.39. The molecule has 0 aliphatic heterocycles. The van der Waals surface area contributed by atoms with E-state index in [-0.39, 0.29) is 4.90 Å². The summed E-state index contributed by atoms with van der Waals surface area (Å²) in [6.45, 7) is 0.898. The van der Waals surface area contributed by atoms with Crippen molar-refractivity contribution in [2.24, 2.45) is 5.14 Å². The lowest BCUT2D eigenvalue weighted by molar-refractivity contribution is 0.598. The van der Waals surface area contributed by atoms with Crippen LogP contribution in [-0.2, 0) is 10.0 Å². The van der Waals surface area contributed by atoms with Crippen molar-refractivity contribution in [2.75, 3.05) is 23.9 Å². The lowest BCUT2D eigenvalue weighted by Gasteiger charge is -2.06. The second kappa shape index (κ2) is 6.88. The summed E-state index contributed by atoms with van der Waals surface area (Å²) < 4.78 is 22.1. The Morgan fingerprint density at radius 2 is 1.88 bits per heavy atom. The van der Waals surface area contributed by atoms with Crippen molar-refractivity contribution in [2.45, 2.75) is 17.7 Å². The fraction of sp³-hybridized carbons (Fsp3) is 0.455. The highest BCUT2D eigenvalue weighted by Crippen LogP contribution is 2.12. The minimum Gasteiger partial charge on any atom is -0.385 e. The molecule has 0 saturated heterocycles. The van der Waals surface area contributed by atoms with Crippen LogP contribution in [0.2, 0.25) is 0 Å². The number of nitrogens with two attached hydrogens (primary N) is 1. The first-order valence-electron chi connectivity index (χ1n) is 5.40. The van der Waals surface area contributed by atoms with Gasteiger partial charge in [-0.05, 0) is 49.1 Å². The number of hydrogen-bond donors (Lipinski definition) is 2. The number of thioether (sulfide) groups is 1. The predicted octanol–water partition coefficient (Wildman–Crippen LogP) is 1.89. The van der Waals surface area contributed by atoms with Crippen molar-refractivity contribution < 1.29 is 8.42 Å². The van der Waals surface area contributed by atoms with Gasteiger partial charge in [-0.15, -0.1) is 0 Å². The molecule has 0 atom stereocenters. The molecule has 0 aliphatic carbocycles. The van der Waals surface area contributed by atoms with Crippen LogP contribution in [0.1, 0.15) is 12.8 Å². The predicted molar refractivity (Wildman–Crippen MR) is 73.9 cm³/mol. The fourth-order valence-corrected chi connectivity index (χ4v) is 2.37. The maximum atomic E-state index is 11.0. The minimum absolute atomic E-state index is 0.144. The molecular formula is C11H18N2O2S2. The van der Waals surface area contributed by atoms with E-state index in [1.807, 2.05) is 11.8 Å². The molecule has 4 nitrogen and oxygen atoms in total. The van der Waals surface area contributed by atoms with Crippen LogP contribution in [0.3, 0.4) is 0 Å². The standard InChI is InChI=1S/C11H18N2O2S2/c1-16-9-3-2-8-13-10-4-6-11(7-5-10)17(12,14)15/h4-7,13H,2-3,8-9H2,1H3,(H2,12,14,15). The first-order valence-corrected chi connectivity index (χ1v) is 8.34. The number of hydrogen-bond acceptors (Lipinski definition) is 4. The van der Waals surface area contributed by atoms with E-state index >= 15 is 0 Å². The summed E-state index contributed by atoms with van der Waals surface area (Å²) in [4.78, 5) is 0.144. The maximum Gasteiger partial charge on any atom is 0.238 e. The van der Waals surface area contributed by atoms with Crippen molar-refractivity contribution in [1.29, 1.82) is 0 Å². The van der Waals surface area contributed by atoms with E-state index in [0.717, 1.165) is 18.7 Å². The molecule has 0 fully saturated rings. The summed E-state index contributed by atoms with van der Waals surface area (Å²) >= 11 is 1.84. The third-order valence-electron chi connectivity index (χ3n) is 2.29. The fourth-order valence-electron chi connectivity index (χ4n) is 1.37. The molecule has 17 heavy (non-hydrogen) atoms. The lowest BCUT2D eigenvalue weighted by Crippen LogP contribution is -2.12. The van der Waals surface area contributed by atoms with Gasteiger partial charge in [0.2, 0.25) is 10.0 Å². The zero-order valence-corrected chi connectivity index (χ0v) is 11.5. The summed E-state index contributed by atoms with van der Waals surface area (Å²) in [5.41, 5.74) is 0.918. The second-order valence-corrected chi connectivity index (χ2v) is 6.24. The highest BCUT2D eigenvalue weighted by atomic mass is 32.2. The SMILES string of the molecule is CSCCCCNc1ccc(S(N)(=O)=O)cc1. The van der Waals surface area contributed by atoms with E-state index in [1.165, 1.54) is 24.3 Å². The van der Waals surface area contributed by atoms with Crippen LogP contribution in [0.4, 0.5) is 5.69 Å². The molecule has 0 unspecified atom stereocenters. The minimum atomic E-state index is -3.58. The van der Waals surface area contributed by atoms with Gasteiger partial charge in [0.1, 0.15) is 0 Å². The Hall–Kier alpha value is -0.720. The van der Waals surface area contributed by atoms with Gasteiger partial charge in [-0.25, -0.2) is 13.6 Å². The molecule has 0 radical (unpaired) electrons. The molecule has 0 bridgehead atoms. The first-order chi connectivity index (χ1) is 8.04. The number of primary sulfonamides is 1. The van der Waals surface area contributed by atoms with Crippen LogP contribution in [0.5, 0.6) is 0 Å². The second-order valence-electron chi connectivity index (χ2n) is 3.70. The van der Waals surface area contributed by atoms with Crippen molar-refractivity contribution in [1.82, 2.24) is 0 Å². The molecule has 0 aromatic heterocycles. The summed E-state index contributed by atoms with van der Waals surface area (Å²) in [6, 6.07) is 6.49. The van der Waals surface area contributed by atoms with Gasteiger partial charge in [0, 0.05) is 12.2 Å². The molecule has 0 saturated carbocycles. The molecule has 3 N–H and O–H groups in total. The molecule has 6 heteroatoms. The number of sulfonamides is 1. The van der Waals surface area contributed by atoms with E-state index in [4.69, 9.17) is 5.14 Å². The summed E-state index contributed by atoms with van der Waals surface area (Å²) in [7, 11) is -3.58. The van der Waals surface area contributed by atoms with Crippen molar-refractivity contribution >= 4 is 27.5 Å². The van der Waals surface area contributed by atoms with Crippen LogP contribution in [0.25, 0.3) is 0 Å². The van der Waals surface area contributed by atoms with Gasteiger partial charge in [0.25, 0.3) is 0 Å². The third kappa shape index (κ3) is 5.43. The van der Waals surface area contributed by atoms with E-state index in [2.05, 4.69) is 11.6 Å². The molecule has 0 aliphatic rings. The topological polar surface area (TPSA) is 72.2 Å². The zero-order valence-electron chi connectivity index (χ0n) is 9.85. The van der Waals surface area contributed by atoms with Crippen molar-refractivity contribution in [3.05, 3.63) is 24.3 Å². The number of anilines is 1. The number of rotatable bonds is 7. The van der Waals surface area contributed by atoms with Gasteiger partial charge in [-0.2, -0.15) is 11.8 Å². The molecule has 0 heterocycles. The average Bonchev–Trinajstić information content (AvgIpc) is 2.28. The van der Waals surface area contributed by atoms with Gasteiger partial charge in [0.15, 0.2) is 0 Å². The van der Waals surface area contributed by atoms with E-state index in [1.54, 1.807) is 12.1 Å². The van der Waals surface area contributed by atoms with Crippen LogP contribution in [-0.4, -0.2) is 27.0 Å². The zero-order chi connectivity index (χ0) is 12.7. The van der Waals surface area contributed by atoms with Gasteiger partial charge in [-0.3, -0.25) is 0 Å². The van der Waals surface area contributed by atoms with Crippen LogP contribution < -0.4 is 10.5 Å². The average molecular weight is 274 g/mol.